The lowest BCUT2D eigenvalue weighted by Gasteiger charge is -2.34. The van der Waals surface area contributed by atoms with Gasteiger partial charge in [0.05, 0.1) is 11.9 Å². The molecule has 1 atom stereocenters. The Kier molecular flexibility index (Phi) is 11.9. The SMILES string of the molecule is CS(=O)(=O)N(CCCC(=O)N(Cc1ccc(Cl)cc1)C(Cc1ccccc1)C(=O)NC1CCCCC1)c1cccc(Cl)c1. The number of amides is 2. The Hall–Kier alpha value is -3.07. The van der Waals surface area contributed by atoms with Gasteiger partial charge in [-0.05, 0) is 60.7 Å². The molecule has 1 N–H and O–H groups in total. The van der Waals surface area contributed by atoms with Gasteiger partial charge in [0.25, 0.3) is 0 Å². The molecule has 0 aromatic heterocycles. The Morgan fingerprint density at radius 3 is 2.23 bits per heavy atom. The zero-order chi connectivity index (χ0) is 30.8. The molecule has 10 heteroatoms. The van der Waals surface area contributed by atoms with Gasteiger partial charge in [0.15, 0.2) is 0 Å². The van der Waals surface area contributed by atoms with Crippen molar-refractivity contribution in [1.29, 1.82) is 0 Å². The summed E-state index contributed by atoms with van der Waals surface area (Å²) in [5.41, 5.74) is 2.23. The van der Waals surface area contributed by atoms with Crippen LogP contribution >= 0.6 is 23.2 Å². The normalized spacial score (nSPS) is 14.6. The monoisotopic (exact) mass is 643 g/mol. The van der Waals surface area contributed by atoms with Crippen molar-refractivity contribution in [3.05, 3.63) is 100 Å². The van der Waals surface area contributed by atoms with Gasteiger partial charge in [0.1, 0.15) is 6.04 Å². The Bertz CT molecular complexity index is 1460. The fraction of sp³-hybridized carbons (Fsp3) is 0.394. The van der Waals surface area contributed by atoms with Crippen molar-refractivity contribution < 1.29 is 18.0 Å². The fourth-order valence-corrected chi connectivity index (χ4v) is 6.79. The van der Waals surface area contributed by atoms with Crippen molar-refractivity contribution in [3.63, 3.8) is 0 Å². The van der Waals surface area contributed by atoms with Crippen LogP contribution in [0.3, 0.4) is 0 Å². The summed E-state index contributed by atoms with van der Waals surface area (Å²) in [7, 11) is -3.62. The molecule has 0 bridgehead atoms. The highest BCUT2D eigenvalue weighted by Crippen LogP contribution is 2.24. The molecule has 0 aliphatic heterocycles. The number of hydrogen-bond donors (Lipinski definition) is 1. The predicted molar refractivity (Wildman–Crippen MR) is 174 cm³/mol. The molecule has 3 aromatic carbocycles. The molecule has 1 aliphatic rings. The molecule has 1 unspecified atom stereocenters. The van der Waals surface area contributed by atoms with E-state index in [2.05, 4.69) is 5.32 Å². The third kappa shape index (κ3) is 9.98. The average molecular weight is 645 g/mol. The van der Waals surface area contributed by atoms with Crippen LogP contribution in [0.4, 0.5) is 5.69 Å². The maximum absolute atomic E-state index is 14.0. The van der Waals surface area contributed by atoms with E-state index in [1.165, 1.54) is 10.7 Å². The van der Waals surface area contributed by atoms with Crippen molar-refractivity contribution >= 4 is 50.7 Å². The van der Waals surface area contributed by atoms with E-state index in [1.54, 1.807) is 41.3 Å². The second kappa shape index (κ2) is 15.6. The van der Waals surface area contributed by atoms with Crippen LogP contribution in [0.25, 0.3) is 0 Å². The summed E-state index contributed by atoms with van der Waals surface area (Å²) in [5.74, 6) is -0.399. The first kappa shape index (κ1) is 32.8. The lowest BCUT2D eigenvalue weighted by molar-refractivity contribution is -0.141. The second-order valence-electron chi connectivity index (χ2n) is 11.1. The van der Waals surface area contributed by atoms with E-state index < -0.39 is 16.1 Å². The number of carbonyl (C=O) groups excluding carboxylic acids is 2. The minimum absolute atomic E-state index is 0.0577. The number of anilines is 1. The highest BCUT2D eigenvalue weighted by atomic mass is 35.5. The van der Waals surface area contributed by atoms with E-state index >= 15 is 0 Å². The summed E-state index contributed by atoms with van der Waals surface area (Å²) >= 11 is 12.3. The van der Waals surface area contributed by atoms with E-state index in [4.69, 9.17) is 23.2 Å². The zero-order valence-corrected chi connectivity index (χ0v) is 26.8. The van der Waals surface area contributed by atoms with Crippen LogP contribution in [0.1, 0.15) is 56.1 Å². The number of nitrogens with one attached hydrogen (secondary N) is 1. The number of benzene rings is 3. The Morgan fingerprint density at radius 2 is 1.58 bits per heavy atom. The van der Waals surface area contributed by atoms with Crippen LogP contribution in [0.2, 0.25) is 10.0 Å². The summed E-state index contributed by atoms with van der Waals surface area (Å²) in [6, 6.07) is 22.9. The smallest absolute Gasteiger partial charge is 0.243 e. The van der Waals surface area contributed by atoms with Crippen molar-refractivity contribution in [2.45, 2.75) is 70.0 Å². The number of hydrogen-bond acceptors (Lipinski definition) is 4. The molecule has 230 valence electrons. The molecule has 4 rings (SSSR count). The van der Waals surface area contributed by atoms with Crippen LogP contribution in [-0.4, -0.2) is 50.0 Å². The lowest BCUT2D eigenvalue weighted by atomic mass is 9.94. The summed E-state index contributed by atoms with van der Waals surface area (Å²) in [4.78, 5) is 29.5. The minimum atomic E-state index is -3.62. The molecule has 1 aliphatic carbocycles. The van der Waals surface area contributed by atoms with Gasteiger partial charge in [-0.25, -0.2) is 8.42 Å². The van der Waals surface area contributed by atoms with Gasteiger partial charge in [-0.1, -0.05) is 91.0 Å². The predicted octanol–water partition coefficient (Wildman–Crippen LogP) is 6.63. The molecule has 2 amide bonds. The van der Waals surface area contributed by atoms with Crippen LogP contribution in [0, 0.1) is 0 Å². The summed E-state index contributed by atoms with van der Waals surface area (Å²) in [5, 5.41) is 4.24. The molecular weight excluding hydrogens is 605 g/mol. The fourth-order valence-electron chi connectivity index (χ4n) is 5.52. The quantitative estimate of drug-likeness (QED) is 0.227. The standard InChI is InChI=1S/C33H39Cl2N3O4S/c1-43(41,42)38(30-15-8-12-28(35)23-30)21-9-16-32(39)37(24-26-17-19-27(34)20-18-26)31(22-25-10-4-2-5-11-25)33(40)36-29-13-6-3-7-14-29/h2,4-5,8,10-12,15,17-20,23,29,31H,3,6-7,9,13-14,16,21-22,24H2,1H3,(H,36,40). The van der Waals surface area contributed by atoms with Crippen molar-refractivity contribution in [1.82, 2.24) is 10.2 Å². The Balaban J connectivity index is 1.58. The lowest BCUT2D eigenvalue weighted by Crippen LogP contribution is -2.52. The number of nitrogens with zero attached hydrogens (tertiary/aromatic N) is 2. The van der Waals surface area contributed by atoms with E-state index in [9.17, 15) is 18.0 Å². The second-order valence-corrected chi connectivity index (χ2v) is 13.9. The average Bonchev–Trinajstić information content (AvgIpc) is 2.98. The van der Waals surface area contributed by atoms with Gasteiger partial charge in [-0.2, -0.15) is 0 Å². The molecule has 7 nitrogen and oxygen atoms in total. The van der Waals surface area contributed by atoms with Crippen molar-refractivity contribution in [2.24, 2.45) is 0 Å². The van der Waals surface area contributed by atoms with Crippen LogP contribution in [0.5, 0.6) is 0 Å². The van der Waals surface area contributed by atoms with Gasteiger partial charge < -0.3 is 10.2 Å². The van der Waals surface area contributed by atoms with Gasteiger partial charge >= 0.3 is 0 Å². The summed E-state index contributed by atoms with van der Waals surface area (Å²) in [6.07, 6.45) is 6.99. The molecule has 1 saturated carbocycles. The van der Waals surface area contributed by atoms with E-state index in [0.29, 0.717) is 22.2 Å². The summed E-state index contributed by atoms with van der Waals surface area (Å²) < 4.78 is 26.5. The summed E-state index contributed by atoms with van der Waals surface area (Å²) in [6.45, 7) is 0.312. The number of rotatable bonds is 13. The first-order chi connectivity index (χ1) is 20.6. The number of carbonyl (C=O) groups is 2. The highest BCUT2D eigenvalue weighted by Gasteiger charge is 2.32. The molecule has 3 aromatic rings. The zero-order valence-electron chi connectivity index (χ0n) is 24.4. The molecular formula is C33H39Cl2N3O4S. The van der Waals surface area contributed by atoms with Crippen LogP contribution in [-0.2, 0) is 32.6 Å². The maximum atomic E-state index is 14.0. The van der Waals surface area contributed by atoms with Crippen LogP contribution < -0.4 is 9.62 Å². The first-order valence-corrected chi connectivity index (χ1v) is 17.3. The first-order valence-electron chi connectivity index (χ1n) is 14.7. The third-order valence-corrected chi connectivity index (χ3v) is 9.42. The van der Waals surface area contributed by atoms with Gasteiger partial charge in [0, 0.05) is 42.0 Å². The molecule has 43 heavy (non-hydrogen) atoms. The van der Waals surface area contributed by atoms with Gasteiger partial charge in [-0.3, -0.25) is 13.9 Å². The van der Waals surface area contributed by atoms with Gasteiger partial charge in [0.2, 0.25) is 21.8 Å². The number of sulfonamides is 1. The van der Waals surface area contributed by atoms with Crippen molar-refractivity contribution in [3.8, 4) is 0 Å². The van der Waals surface area contributed by atoms with E-state index in [1.807, 2.05) is 42.5 Å². The Labute approximate surface area is 265 Å². The van der Waals surface area contributed by atoms with Crippen molar-refractivity contribution in [2.75, 3.05) is 17.1 Å². The Morgan fingerprint density at radius 1 is 0.884 bits per heavy atom. The topological polar surface area (TPSA) is 86.8 Å². The van der Waals surface area contributed by atoms with E-state index in [-0.39, 0.29) is 43.8 Å². The molecule has 0 heterocycles. The number of halogens is 2. The molecule has 1 fully saturated rings. The molecule has 0 radical (unpaired) electrons. The highest BCUT2D eigenvalue weighted by molar-refractivity contribution is 7.92. The largest absolute Gasteiger partial charge is 0.352 e. The third-order valence-electron chi connectivity index (χ3n) is 7.74. The molecule has 0 spiro atoms. The van der Waals surface area contributed by atoms with Crippen LogP contribution in [0.15, 0.2) is 78.9 Å². The van der Waals surface area contributed by atoms with Gasteiger partial charge in [-0.15, -0.1) is 0 Å². The molecule has 0 saturated heterocycles. The minimum Gasteiger partial charge on any atom is -0.352 e. The van der Waals surface area contributed by atoms with E-state index in [0.717, 1.165) is 43.1 Å². The maximum Gasteiger partial charge on any atom is 0.243 e.